The van der Waals surface area contributed by atoms with Crippen molar-refractivity contribution in [1.29, 1.82) is 5.26 Å². The van der Waals surface area contributed by atoms with Crippen LogP contribution in [0, 0.1) is 11.3 Å². The molecule has 0 radical (unpaired) electrons. The van der Waals surface area contributed by atoms with Gasteiger partial charge in [-0.2, -0.15) is 5.26 Å². The first kappa shape index (κ1) is 12.5. The van der Waals surface area contributed by atoms with Gasteiger partial charge in [-0.3, -0.25) is 5.10 Å². The van der Waals surface area contributed by atoms with Gasteiger partial charge in [-0.25, -0.2) is 0 Å². The van der Waals surface area contributed by atoms with Gasteiger partial charge in [-0.05, 0) is 6.42 Å². The van der Waals surface area contributed by atoms with Gasteiger partial charge >= 0.3 is 0 Å². The monoisotopic (exact) mass is 248 g/mol. The topological polar surface area (TPSA) is 97.0 Å². The molecule has 96 valence electrons. The SMILES string of the molecule is CCCC1C(C#N)=C(N)Oc2n[nH]c(COC)c21. The van der Waals surface area contributed by atoms with E-state index in [1.807, 2.05) is 0 Å². The molecule has 0 spiro atoms. The number of rotatable bonds is 4. The third kappa shape index (κ3) is 1.93. The molecule has 1 aliphatic rings. The summed E-state index contributed by atoms with van der Waals surface area (Å²) < 4.78 is 10.5. The van der Waals surface area contributed by atoms with Crippen LogP contribution in [-0.2, 0) is 11.3 Å². The van der Waals surface area contributed by atoms with Crippen LogP contribution in [0.2, 0.25) is 0 Å². The number of H-pyrrole nitrogens is 1. The summed E-state index contributed by atoms with van der Waals surface area (Å²) in [6.07, 6.45) is 1.77. The van der Waals surface area contributed by atoms with E-state index in [9.17, 15) is 5.26 Å². The second-order valence-corrected chi connectivity index (χ2v) is 4.19. The standard InChI is InChI=1S/C12H16N4O2/c1-3-4-7-8(5-13)11(14)18-12-10(7)9(6-17-2)15-16-12/h7H,3-4,6,14H2,1-2H3,(H,15,16). The Balaban J connectivity index is 2.47. The Labute approximate surface area is 105 Å². The molecule has 6 heteroatoms. The van der Waals surface area contributed by atoms with Gasteiger partial charge in [0.25, 0.3) is 0 Å². The molecule has 0 bridgehead atoms. The van der Waals surface area contributed by atoms with Crippen LogP contribution in [0.15, 0.2) is 11.5 Å². The van der Waals surface area contributed by atoms with Gasteiger partial charge < -0.3 is 15.2 Å². The zero-order chi connectivity index (χ0) is 13.1. The van der Waals surface area contributed by atoms with Crippen molar-refractivity contribution >= 4 is 0 Å². The molecule has 2 rings (SSSR count). The molecule has 0 amide bonds. The Morgan fingerprint density at radius 3 is 3.00 bits per heavy atom. The molecule has 2 heterocycles. The minimum atomic E-state index is -0.0624. The van der Waals surface area contributed by atoms with Crippen LogP contribution in [0.5, 0.6) is 5.88 Å². The average molecular weight is 248 g/mol. The molecule has 1 aromatic heterocycles. The van der Waals surface area contributed by atoms with Crippen LogP contribution < -0.4 is 10.5 Å². The van der Waals surface area contributed by atoms with Crippen LogP contribution in [0.1, 0.15) is 36.9 Å². The molecule has 18 heavy (non-hydrogen) atoms. The van der Waals surface area contributed by atoms with E-state index in [4.69, 9.17) is 15.2 Å². The van der Waals surface area contributed by atoms with Crippen molar-refractivity contribution in [3.05, 3.63) is 22.7 Å². The lowest BCUT2D eigenvalue weighted by atomic mass is 9.86. The fourth-order valence-corrected chi connectivity index (χ4v) is 2.24. The van der Waals surface area contributed by atoms with Crippen molar-refractivity contribution in [1.82, 2.24) is 10.2 Å². The van der Waals surface area contributed by atoms with Gasteiger partial charge in [0.05, 0.1) is 17.9 Å². The maximum absolute atomic E-state index is 9.21. The Bertz CT molecular complexity index is 513. The number of nitrogens with two attached hydrogens (primary N) is 1. The minimum absolute atomic E-state index is 0.0624. The molecular weight excluding hydrogens is 232 g/mol. The molecule has 0 aliphatic carbocycles. The lowest BCUT2D eigenvalue weighted by Crippen LogP contribution is -2.20. The highest BCUT2D eigenvalue weighted by molar-refractivity contribution is 5.48. The van der Waals surface area contributed by atoms with Gasteiger partial charge in [0.15, 0.2) is 0 Å². The van der Waals surface area contributed by atoms with Crippen LogP contribution in [0.4, 0.5) is 0 Å². The van der Waals surface area contributed by atoms with Crippen molar-refractivity contribution in [3.8, 4) is 11.9 Å². The zero-order valence-electron chi connectivity index (χ0n) is 10.5. The molecule has 1 aromatic rings. The van der Waals surface area contributed by atoms with Gasteiger partial charge in [0.2, 0.25) is 11.8 Å². The normalized spacial score (nSPS) is 18.2. The highest BCUT2D eigenvalue weighted by Crippen LogP contribution is 2.41. The molecular formula is C12H16N4O2. The summed E-state index contributed by atoms with van der Waals surface area (Å²) in [5.74, 6) is 0.545. The maximum Gasteiger partial charge on any atom is 0.244 e. The van der Waals surface area contributed by atoms with Gasteiger partial charge in [-0.15, -0.1) is 5.10 Å². The number of hydrogen-bond acceptors (Lipinski definition) is 5. The first-order valence-electron chi connectivity index (χ1n) is 5.86. The average Bonchev–Trinajstić information content (AvgIpc) is 2.73. The highest BCUT2D eigenvalue weighted by atomic mass is 16.5. The number of fused-ring (bicyclic) bond motifs is 1. The number of hydrogen-bond donors (Lipinski definition) is 2. The predicted octanol–water partition coefficient (Wildman–Crippen LogP) is 1.53. The summed E-state index contributed by atoms with van der Waals surface area (Å²) in [4.78, 5) is 0. The lowest BCUT2D eigenvalue weighted by Gasteiger charge is -2.23. The summed E-state index contributed by atoms with van der Waals surface area (Å²) >= 11 is 0. The first-order valence-corrected chi connectivity index (χ1v) is 5.86. The molecule has 0 fully saturated rings. The Kier molecular flexibility index (Phi) is 3.53. The molecule has 1 aliphatic heterocycles. The molecule has 0 saturated heterocycles. The number of nitrogens with one attached hydrogen (secondary N) is 1. The Morgan fingerprint density at radius 2 is 2.39 bits per heavy atom. The fraction of sp³-hybridized carbons (Fsp3) is 0.500. The van der Waals surface area contributed by atoms with Crippen LogP contribution in [0.25, 0.3) is 0 Å². The van der Waals surface area contributed by atoms with Crippen molar-refractivity contribution in [2.75, 3.05) is 7.11 Å². The highest BCUT2D eigenvalue weighted by Gasteiger charge is 2.33. The Hall–Kier alpha value is -2.00. The number of aromatic amines is 1. The quantitative estimate of drug-likeness (QED) is 0.842. The molecule has 6 nitrogen and oxygen atoms in total. The molecule has 1 atom stereocenters. The molecule has 0 aromatic carbocycles. The van der Waals surface area contributed by atoms with Crippen molar-refractivity contribution in [2.45, 2.75) is 32.3 Å². The largest absolute Gasteiger partial charge is 0.420 e. The summed E-state index contributed by atoms with van der Waals surface area (Å²) in [5.41, 5.74) is 7.97. The first-order chi connectivity index (χ1) is 8.72. The molecule has 1 unspecified atom stereocenters. The molecule has 0 saturated carbocycles. The summed E-state index contributed by atoms with van der Waals surface area (Å²) in [6.45, 7) is 2.47. The lowest BCUT2D eigenvalue weighted by molar-refractivity contribution is 0.180. The number of ether oxygens (including phenoxy) is 2. The summed E-state index contributed by atoms with van der Waals surface area (Å²) in [7, 11) is 1.61. The van der Waals surface area contributed by atoms with E-state index in [1.165, 1.54) is 0 Å². The van der Waals surface area contributed by atoms with Crippen molar-refractivity contribution in [3.63, 3.8) is 0 Å². The fourth-order valence-electron chi connectivity index (χ4n) is 2.24. The number of allylic oxidation sites excluding steroid dienone is 1. The smallest absolute Gasteiger partial charge is 0.244 e. The van der Waals surface area contributed by atoms with E-state index in [0.29, 0.717) is 18.1 Å². The number of aromatic nitrogens is 2. The van der Waals surface area contributed by atoms with Gasteiger partial charge in [0.1, 0.15) is 6.07 Å². The number of nitriles is 1. The van der Waals surface area contributed by atoms with Crippen LogP contribution in [-0.4, -0.2) is 17.3 Å². The van der Waals surface area contributed by atoms with Crippen LogP contribution in [0.3, 0.4) is 0 Å². The summed E-state index contributed by atoms with van der Waals surface area (Å²) in [5, 5.41) is 16.2. The van der Waals surface area contributed by atoms with E-state index >= 15 is 0 Å². The van der Waals surface area contributed by atoms with Gasteiger partial charge in [0, 0.05) is 18.6 Å². The second-order valence-electron chi connectivity index (χ2n) is 4.19. The van der Waals surface area contributed by atoms with Gasteiger partial charge in [-0.1, -0.05) is 13.3 Å². The third-order valence-corrected chi connectivity index (χ3v) is 3.00. The molecule has 3 N–H and O–H groups in total. The van der Waals surface area contributed by atoms with E-state index in [0.717, 1.165) is 24.1 Å². The van der Waals surface area contributed by atoms with E-state index < -0.39 is 0 Å². The van der Waals surface area contributed by atoms with E-state index in [2.05, 4.69) is 23.2 Å². The third-order valence-electron chi connectivity index (χ3n) is 3.00. The second kappa shape index (κ2) is 5.10. The van der Waals surface area contributed by atoms with Crippen molar-refractivity contribution in [2.24, 2.45) is 5.73 Å². The van der Waals surface area contributed by atoms with Crippen molar-refractivity contribution < 1.29 is 9.47 Å². The number of methoxy groups -OCH3 is 1. The van der Waals surface area contributed by atoms with E-state index in [-0.39, 0.29) is 11.8 Å². The summed E-state index contributed by atoms with van der Waals surface area (Å²) in [6, 6.07) is 2.14. The van der Waals surface area contributed by atoms with Crippen LogP contribution >= 0.6 is 0 Å². The minimum Gasteiger partial charge on any atom is -0.420 e. The number of nitrogens with zero attached hydrogens (tertiary/aromatic N) is 2. The Morgan fingerprint density at radius 1 is 1.61 bits per heavy atom. The zero-order valence-corrected chi connectivity index (χ0v) is 10.5. The predicted molar refractivity (Wildman–Crippen MR) is 64.4 cm³/mol. The maximum atomic E-state index is 9.21. The van der Waals surface area contributed by atoms with E-state index in [1.54, 1.807) is 7.11 Å².